The minimum Gasteiger partial charge on any atom is -0.329 e. The molecule has 0 bridgehead atoms. The van der Waals surface area contributed by atoms with E-state index in [-0.39, 0.29) is 17.9 Å². The lowest BCUT2D eigenvalue weighted by molar-refractivity contribution is 0.271. The van der Waals surface area contributed by atoms with Crippen molar-refractivity contribution in [1.29, 1.82) is 0 Å². The second-order valence-corrected chi connectivity index (χ2v) is 5.44. The third kappa shape index (κ3) is 4.97. The van der Waals surface area contributed by atoms with Crippen LogP contribution in [-0.2, 0) is 6.42 Å². The number of nitrogens with one attached hydrogen (secondary N) is 1. The minimum absolute atomic E-state index is 0. The lowest BCUT2D eigenvalue weighted by atomic mass is 9.88. The van der Waals surface area contributed by atoms with Crippen LogP contribution in [0.5, 0.6) is 0 Å². The van der Waals surface area contributed by atoms with E-state index in [0.29, 0.717) is 12.5 Å². The number of hydrogen-bond donors (Lipinski definition) is 2. The van der Waals surface area contributed by atoms with Gasteiger partial charge in [-0.3, -0.25) is 0 Å². The van der Waals surface area contributed by atoms with Crippen LogP contribution in [0.25, 0.3) is 0 Å². The Balaban J connectivity index is 0.00000289. The molecule has 3 heteroatoms. The largest absolute Gasteiger partial charge is 0.329 e. The van der Waals surface area contributed by atoms with E-state index in [1.165, 1.54) is 11.1 Å². The molecule has 1 atom stereocenters. The van der Waals surface area contributed by atoms with Gasteiger partial charge in [0, 0.05) is 12.1 Å². The predicted octanol–water partition coefficient (Wildman–Crippen LogP) is 2.92. The average Bonchev–Trinajstić information content (AvgIpc) is 2.31. The van der Waals surface area contributed by atoms with Crippen molar-refractivity contribution >= 4 is 12.4 Å². The summed E-state index contributed by atoms with van der Waals surface area (Å²) in [6.07, 6.45) is 1.06. The molecule has 0 aliphatic carbocycles. The third-order valence-electron chi connectivity index (χ3n) is 3.76. The van der Waals surface area contributed by atoms with Crippen molar-refractivity contribution < 1.29 is 0 Å². The van der Waals surface area contributed by atoms with Gasteiger partial charge in [-0.2, -0.15) is 0 Å². The van der Waals surface area contributed by atoms with Gasteiger partial charge in [0.1, 0.15) is 0 Å². The molecular formula is C15H27ClN2. The van der Waals surface area contributed by atoms with Gasteiger partial charge in [-0.1, -0.05) is 43.7 Å². The van der Waals surface area contributed by atoms with Gasteiger partial charge in [-0.05, 0) is 38.3 Å². The summed E-state index contributed by atoms with van der Waals surface area (Å²) in [7, 11) is 0. The standard InChI is InChI=1S/C15H26N2.ClH/c1-12(2)15(4,11-16)17-10-9-14-7-5-13(3)6-8-14;/h5-8,12,17H,9-11,16H2,1-4H3;1H. The molecule has 1 rings (SSSR count). The van der Waals surface area contributed by atoms with Crippen LogP contribution in [0.4, 0.5) is 0 Å². The number of nitrogens with two attached hydrogens (primary N) is 1. The minimum atomic E-state index is 0. The lowest BCUT2D eigenvalue weighted by Crippen LogP contribution is -2.53. The quantitative estimate of drug-likeness (QED) is 0.834. The van der Waals surface area contributed by atoms with E-state index in [1.807, 2.05) is 0 Å². The van der Waals surface area contributed by atoms with E-state index in [9.17, 15) is 0 Å². The monoisotopic (exact) mass is 270 g/mol. The zero-order chi connectivity index (χ0) is 12.9. The van der Waals surface area contributed by atoms with Gasteiger partial charge >= 0.3 is 0 Å². The average molecular weight is 271 g/mol. The Kier molecular flexibility index (Phi) is 7.53. The molecule has 104 valence electrons. The molecule has 0 aliphatic rings. The molecule has 0 spiro atoms. The number of benzene rings is 1. The van der Waals surface area contributed by atoms with Crippen LogP contribution in [-0.4, -0.2) is 18.6 Å². The Hall–Kier alpha value is -0.570. The second-order valence-electron chi connectivity index (χ2n) is 5.44. The molecule has 1 aromatic rings. The molecule has 2 nitrogen and oxygen atoms in total. The van der Waals surface area contributed by atoms with Gasteiger partial charge < -0.3 is 11.1 Å². The second kappa shape index (κ2) is 7.78. The summed E-state index contributed by atoms with van der Waals surface area (Å²) < 4.78 is 0. The molecule has 0 fully saturated rings. The number of rotatable bonds is 6. The zero-order valence-corrected chi connectivity index (χ0v) is 12.8. The van der Waals surface area contributed by atoms with Crippen molar-refractivity contribution in [3.63, 3.8) is 0 Å². The summed E-state index contributed by atoms with van der Waals surface area (Å²) in [6, 6.07) is 8.73. The van der Waals surface area contributed by atoms with E-state index in [2.05, 4.69) is 57.3 Å². The maximum Gasteiger partial charge on any atom is 0.0298 e. The van der Waals surface area contributed by atoms with Gasteiger partial charge in [-0.25, -0.2) is 0 Å². The molecule has 0 saturated heterocycles. The topological polar surface area (TPSA) is 38.0 Å². The summed E-state index contributed by atoms with van der Waals surface area (Å²) >= 11 is 0. The van der Waals surface area contributed by atoms with Crippen LogP contribution >= 0.6 is 12.4 Å². The predicted molar refractivity (Wildman–Crippen MR) is 82.4 cm³/mol. The highest BCUT2D eigenvalue weighted by atomic mass is 35.5. The first-order valence-corrected chi connectivity index (χ1v) is 6.48. The first kappa shape index (κ1) is 17.4. The summed E-state index contributed by atoms with van der Waals surface area (Å²) in [5.74, 6) is 0.547. The molecule has 1 aromatic carbocycles. The van der Waals surface area contributed by atoms with Crippen LogP contribution in [0, 0.1) is 12.8 Å². The van der Waals surface area contributed by atoms with Crippen molar-refractivity contribution in [1.82, 2.24) is 5.32 Å². The third-order valence-corrected chi connectivity index (χ3v) is 3.76. The Bertz CT molecular complexity index is 335. The van der Waals surface area contributed by atoms with Crippen molar-refractivity contribution in [3.8, 4) is 0 Å². The fourth-order valence-corrected chi connectivity index (χ4v) is 1.76. The van der Waals surface area contributed by atoms with E-state index in [4.69, 9.17) is 5.73 Å². The molecular weight excluding hydrogens is 244 g/mol. The fraction of sp³-hybridized carbons (Fsp3) is 0.600. The maximum atomic E-state index is 5.84. The van der Waals surface area contributed by atoms with Crippen LogP contribution < -0.4 is 11.1 Å². The van der Waals surface area contributed by atoms with Gasteiger partial charge in [-0.15, -0.1) is 12.4 Å². The van der Waals surface area contributed by atoms with Gasteiger partial charge in [0.05, 0.1) is 0 Å². The van der Waals surface area contributed by atoms with Crippen molar-refractivity contribution in [3.05, 3.63) is 35.4 Å². The molecule has 18 heavy (non-hydrogen) atoms. The molecule has 0 radical (unpaired) electrons. The Morgan fingerprint density at radius 3 is 2.22 bits per heavy atom. The highest BCUT2D eigenvalue weighted by Gasteiger charge is 2.25. The maximum absolute atomic E-state index is 5.84. The number of halogens is 1. The summed E-state index contributed by atoms with van der Waals surface area (Å²) in [6.45, 7) is 10.4. The zero-order valence-electron chi connectivity index (χ0n) is 12.0. The fourth-order valence-electron chi connectivity index (χ4n) is 1.76. The molecule has 0 amide bonds. The van der Waals surface area contributed by atoms with Crippen molar-refractivity contribution in [2.24, 2.45) is 11.7 Å². The Labute approximate surface area is 118 Å². The SMILES string of the molecule is Cc1ccc(CCNC(C)(CN)C(C)C)cc1.Cl. The van der Waals surface area contributed by atoms with Crippen LogP contribution in [0.2, 0.25) is 0 Å². The smallest absolute Gasteiger partial charge is 0.0298 e. The molecule has 1 unspecified atom stereocenters. The molecule has 3 N–H and O–H groups in total. The van der Waals surface area contributed by atoms with Gasteiger partial charge in [0.25, 0.3) is 0 Å². The van der Waals surface area contributed by atoms with Crippen LogP contribution in [0.3, 0.4) is 0 Å². The van der Waals surface area contributed by atoms with E-state index in [0.717, 1.165) is 13.0 Å². The van der Waals surface area contributed by atoms with E-state index < -0.39 is 0 Å². The van der Waals surface area contributed by atoms with Crippen molar-refractivity contribution in [2.75, 3.05) is 13.1 Å². The van der Waals surface area contributed by atoms with E-state index in [1.54, 1.807) is 0 Å². The summed E-state index contributed by atoms with van der Waals surface area (Å²) in [5.41, 5.74) is 8.59. The highest BCUT2D eigenvalue weighted by molar-refractivity contribution is 5.85. The summed E-state index contributed by atoms with van der Waals surface area (Å²) in [5, 5.41) is 3.58. The first-order chi connectivity index (χ1) is 7.98. The number of aryl methyl sites for hydroxylation is 1. The highest BCUT2D eigenvalue weighted by Crippen LogP contribution is 2.14. The van der Waals surface area contributed by atoms with Crippen LogP contribution in [0.15, 0.2) is 24.3 Å². The number of hydrogen-bond acceptors (Lipinski definition) is 2. The first-order valence-electron chi connectivity index (χ1n) is 6.48. The molecule has 0 aromatic heterocycles. The van der Waals surface area contributed by atoms with E-state index >= 15 is 0 Å². The molecule has 0 aliphatic heterocycles. The summed E-state index contributed by atoms with van der Waals surface area (Å²) in [4.78, 5) is 0. The molecule has 0 heterocycles. The molecule has 0 saturated carbocycles. The van der Waals surface area contributed by atoms with Crippen LogP contribution in [0.1, 0.15) is 31.9 Å². The Morgan fingerprint density at radius 1 is 1.22 bits per heavy atom. The van der Waals surface area contributed by atoms with Gasteiger partial charge in [0.15, 0.2) is 0 Å². The Morgan fingerprint density at radius 2 is 1.78 bits per heavy atom. The van der Waals surface area contributed by atoms with Gasteiger partial charge in [0.2, 0.25) is 0 Å². The lowest BCUT2D eigenvalue weighted by Gasteiger charge is -2.33. The van der Waals surface area contributed by atoms with Crippen molar-refractivity contribution in [2.45, 2.75) is 39.7 Å². The normalized spacial score (nSPS) is 14.1.